The minimum atomic E-state index is -0.262. The maximum Gasteiger partial charge on any atom is 0.142 e. The predicted octanol–water partition coefficient (Wildman–Crippen LogP) is 3.95. The van der Waals surface area contributed by atoms with E-state index in [1.165, 1.54) is 16.7 Å². The van der Waals surface area contributed by atoms with Gasteiger partial charge in [-0.3, -0.25) is 11.3 Å². The van der Waals surface area contributed by atoms with Crippen LogP contribution in [0.1, 0.15) is 28.3 Å². The Morgan fingerprint density at radius 3 is 2.35 bits per heavy atom. The summed E-state index contributed by atoms with van der Waals surface area (Å²) in [5, 5.41) is 0. The van der Waals surface area contributed by atoms with E-state index in [1.54, 1.807) is 12.1 Å². The second-order valence-electron chi connectivity index (χ2n) is 4.94. The summed E-state index contributed by atoms with van der Waals surface area (Å²) in [4.78, 5) is 0. The van der Waals surface area contributed by atoms with Crippen molar-refractivity contribution in [2.75, 3.05) is 0 Å². The van der Waals surface area contributed by atoms with Gasteiger partial charge in [0, 0.05) is 5.56 Å². The summed E-state index contributed by atoms with van der Waals surface area (Å²) in [6.07, 6.45) is 0.655. The van der Waals surface area contributed by atoms with Gasteiger partial charge < -0.3 is 0 Å². The Kier molecular flexibility index (Phi) is 4.91. The molecule has 0 aliphatic carbocycles. The average molecular weight is 337 g/mol. The minimum absolute atomic E-state index is 0.257. The monoisotopic (exact) mass is 336 g/mol. The number of aryl methyl sites for hydroxylation is 2. The summed E-state index contributed by atoms with van der Waals surface area (Å²) in [5.41, 5.74) is 6.90. The lowest BCUT2D eigenvalue weighted by Gasteiger charge is -2.20. The van der Waals surface area contributed by atoms with Crippen LogP contribution < -0.4 is 11.3 Å². The third-order valence-corrected chi connectivity index (χ3v) is 4.22. The first-order chi connectivity index (χ1) is 9.54. The summed E-state index contributed by atoms with van der Waals surface area (Å²) in [6.45, 7) is 4.13. The van der Waals surface area contributed by atoms with Crippen molar-refractivity contribution in [1.82, 2.24) is 5.43 Å². The highest BCUT2D eigenvalue weighted by molar-refractivity contribution is 9.10. The van der Waals surface area contributed by atoms with Crippen LogP contribution in [0.15, 0.2) is 40.9 Å². The molecule has 2 rings (SSSR count). The lowest BCUT2D eigenvalue weighted by Crippen LogP contribution is -2.30. The van der Waals surface area contributed by atoms with Gasteiger partial charge >= 0.3 is 0 Å². The van der Waals surface area contributed by atoms with E-state index >= 15 is 0 Å². The van der Waals surface area contributed by atoms with Gasteiger partial charge in [-0.15, -0.1) is 0 Å². The van der Waals surface area contributed by atoms with Crippen LogP contribution in [0.5, 0.6) is 0 Å². The first-order valence-electron chi connectivity index (χ1n) is 6.49. The second-order valence-corrected chi connectivity index (χ2v) is 5.79. The summed E-state index contributed by atoms with van der Waals surface area (Å²) < 4.78 is 14.7. The average Bonchev–Trinajstić information content (AvgIpc) is 2.42. The molecule has 2 aromatic carbocycles. The number of nitrogens with one attached hydrogen (secondary N) is 1. The van der Waals surface area contributed by atoms with Crippen molar-refractivity contribution in [2.24, 2.45) is 5.84 Å². The largest absolute Gasteiger partial charge is 0.271 e. The molecule has 0 aliphatic rings. The van der Waals surface area contributed by atoms with Crippen LogP contribution in [0, 0.1) is 19.7 Å². The minimum Gasteiger partial charge on any atom is -0.271 e. The number of hydrazine groups is 1. The molecule has 0 saturated heterocycles. The van der Waals surface area contributed by atoms with Crippen LogP contribution in [0.2, 0.25) is 0 Å². The van der Waals surface area contributed by atoms with Gasteiger partial charge in [-0.1, -0.05) is 30.3 Å². The van der Waals surface area contributed by atoms with E-state index in [2.05, 4.69) is 47.3 Å². The van der Waals surface area contributed by atoms with Gasteiger partial charge in [0.1, 0.15) is 5.82 Å². The molecule has 0 amide bonds. The highest BCUT2D eigenvalue weighted by Crippen LogP contribution is 2.27. The van der Waals surface area contributed by atoms with Crippen LogP contribution in [-0.4, -0.2) is 0 Å². The number of halogens is 2. The van der Waals surface area contributed by atoms with Crippen LogP contribution in [0.4, 0.5) is 4.39 Å². The molecule has 20 heavy (non-hydrogen) atoms. The highest BCUT2D eigenvalue weighted by atomic mass is 79.9. The third kappa shape index (κ3) is 3.08. The Labute approximate surface area is 127 Å². The number of hydrogen-bond donors (Lipinski definition) is 2. The highest BCUT2D eigenvalue weighted by Gasteiger charge is 2.18. The molecule has 2 nitrogen and oxygen atoms in total. The fourth-order valence-corrected chi connectivity index (χ4v) is 2.80. The molecule has 0 spiro atoms. The molecule has 0 bridgehead atoms. The van der Waals surface area contributed by atoms with E-state index in [0.717, 1.165) is 0 Å². The number of benzene rings is 2. The molecule has 0 aromatic heterocycles. The van der Waals surface area contributed by atoms with Gasteiger partial charge in [-0.2, -0.15) is 0 Å². The van der Waals surface area contributed by atoms with Crippen molar-refractivity contribution in [1.29, 1.82) is 0 Å². The maximum absolute atomic E-state index is 14.2. The van der Waals surface area contributed by atoms with E-state index in [1.807, 2.05) is 12.1 Å². The lowest BCUT2D eigenvalue weighted by molar-refractivity contribution is 0.507. The van der Waals surface area contributed by atoms with Crippen molar-refractivity contribution in [3.63, 3.8) is 0 Å². The number of rotatable bonds is 4. The van der Waals surface area contributed by atoms with E-state index in [9.17, 15) is 4.39 Å². The topological polar surface area (TPSA) is 38.0 Å². The van der Waals surface area contributed by atoms with Gasteiger partial charge in [-0.25, -0.2) is 4.39 Å². The molecule has 1 unspecified atom stereocenters. The van der Waals surface area contributed by atoms with Crippen LogP contribution >= 0.6 is 15.9 Å². The molecule has 3 N–H and O–H groups in total. The van der Waals surface area contributed by atoms with E-state index in [-0.39, 0.29) is 11.9 Å². The molecular formula is C16H18BrFN2. The Morgan fingerprint density at radius 2 is 1.75 bits per heavy atom. The SMILES string of the molecule is Cc1cccc(C)c1CC(NN)c1cccc(Br)c1F. The molecular weight excluding hydrogens is 319 g/mol. The van der Waals surface area contributed by atoms with E-state index in [0.29, 0.717) is 16.5 Å². The standard InChI is InChI=1S/C16H18BrFN2/c1-10-5-3-6-11(2)13(10)9-15(20-19)12-7-4-8-14(17)16(12)18/h3-8,15,20H,9,19H2,1-2H3. The van der Waals surface area contributed by atoms with E-state index in [4.69, 9.17) is 5.84 Å². The van der Waals surface area contributed by atoms with Gasteiger partial charge in [0.2, 0.25) is 0 Å². The molecule has 1 atom stereocenters. The zero-order valence-corrected chi connectivity index (χ0v) is 13.2. The third-order valence-electron chi connectivity index (χ3n) is 3.61. The lowest BCUT2D eigenvalue weighted by atomic mass is 9.93. The Bertz CT molecular complexity index is 593. The number of hydrogen-bond acceptors (Lipinski definition) is 2. The van der Waals surface area contributed by atoms with Crippen molar-refractivity contribution in [3.05, 3.63) is 68.9 Å². The second kappa shape index (κ2) is 6.48. The van der Waals surface area contributed by atoms with Gasteiger partial charge in [0.15, 0.2) is 0 Å². The molecule has 0 aliphatic heterocycles. The van der Waals surface area contributed by atoms with Gasteiger partial charge in [-0.05, 0) is 59.0 Å². The van der Waals surface area contributed by atoms with Crippen LogP contribution in [-0.2, 0) is 6.42 Å². The fourth-order valence-electron chi connectivity index (χ4n) is 2.42. The normalized spacial score (nSPS) is 12.4. The van der Waals surface area contributed by atoms with Crippen LogP contribution in [0.3, 0.4) is 0 Å². The molecule has 0 fully saturated rings. The molecule has 0 radical (unpaired) electrons. The summed E-state index contributed by atoms with van der Waals surface area (Å²) in [7, 11) is 0. The smallest absolute Gasteiger partial charge is 0.142 e. The summed E-state index contributed by atoms with van der Waals surface area (Å²) >= 11 is 3.21. The molecule has 4 heteroatoms. The predicted molar refractivity (Wildman–Crippen MR) is 83.8 cm³/mol. The van der Waals surface area contributed by atoms with Crippen molar-refractivity contribution in [2.45, 2.75) is 26.3 Å². The van der Waals surface area contributed by atoms with Crippen molar-refractivity contribution < 1.29 is 4.39 Å². The zero-order chi connectivity index (χ0) is 14.7. The first kappa shape index (κ1) is 15.2. The Morgan fingerprint density at radius 1 is 1.15 bits per heavy atom. The van der Waals surface area contributed by atoms with E-state index < -0.39 is 0 Å². The number of nitrogens with two attached hydrogens (primary N) is 1. The molecule has 2 aromatic rings. The Balaban J connectivity index is 2.37. The summed E-state index contributed by atoms with van der Waals surface area (Å²) in [6, 6.07) is 11.2. The fraction of sp³-hybridized carbons (Fsp3) is 0.250. The summed E-state index contributed by atoms with van der Waals surface area (Å²) in [5.74, 6) is 5.38. The zero-order valence-electron chi connectivity index (χ0n) is 11.6. The quantitative estimate of drug-likeness (QED) is 0.655. The first-order valence-corrected chi connectivity index (χ1v) is 7.29. The van der Waals surface area contributed by atoms with Crippen molar-refractivity contribution in [3.8, 4) is 0 Å². The van der Waals surface area contributed by atoms with Crippen LogP contribution in [0.25, 0.3) is 0 Å². The molecule has 0 heterocycles. The van der Waals surface area contributed by atoms with Gasteiger partial charge in [0.05, 0.1) is 10.5 Å². The maximum atomic E-state index is 14.2. The Hall–Kier alpha value is -1.23. The van der Waals surface area contributed by atoms with Gasteiger partial charge in [0.25, 0.3) is 0 Å². The molecule has 106 valence electrons. The van der Waals surface area contributed by atoms with Crippen molar-refractivity contribution >= 4 is 15.9 Å². The molecule has 0 saturated carbocycles.